The van der Waals surface area contributed by atoms with Gasteiger partial charge in [-0.25, -0.2) is 4.98 Å². The smallest absolute Gasteiger partial charge is 0.274 e. The highest BCUT2D eigenvalue weighted by atomic mass is 32.1. The summed E-state index contributed by atoms with van der Waals surface area (Å²) >= 11 is 1.57. The molecule has 2 saturated heterocycles. The quantitative estimate of drug-likeness (QED) is 0.621. The lowest BCUT2D eigenvalue weighted by molar-refractivity contribution is -0.0587. The zero-order valence-corrected chi connectivity index (χ0v) is 18.8. The molecule has 5 heterocycles. The maximum absolute atomic E-state index is 13.4. The first-order chi connectivity index (χ1) is 15.1. The summed E-state index contributed by atoms with van der Waals surface area (Å²) in [5.41, 5.74) is 2.79. The average Bonchev–Trinajstić information content (AvgIpc) is 3.36. The third-order valence-corrected chi connectivity index (χ3v) is 6.80. The van der Waals surface area contributed by atoms with Gasteiger partial charge in [0.1, 0.15) is 0 Å². The molecule has 5 rings (SSSR count). The summed E-state index contributed by atoms with van der Waals surface area (Å²) in [6, 6.07) is 4.12. The molecular formula is C22H28N6O2S. The Bertz CT molecular complexity index is 1030. The highest BCUT2D eigenvalue weighted by Gasteiger charge is 2.31. The van der Waals surface area contributed by atoms with Crippen molar-refractivity contribution < 1.29 is 9.53 Å². The Morgan fingerprint density at radius 3 is 2.55 bits per heavy atom. The second kappa shape index (κ2) is 8.57. The van der Waals surface area contributed by atoms with Crippen LogP contribution in [0.25, 0.3) is 4.96 Å². The number of ether oxygens (including phenoxy) is 1. The van der Waals surface area contributed by atoms with E-state index in [-0.39, 0.29) is 18.1 Å². The largest absolute Gasteiger partial charge is 0.372 e. The minimum absolute atomic E-state index is 0.0170. The fraction of sp³-hybridized carbons (Fsp3) is 0.500. The van der Waals surface area contributed by atoms with Gasteiger partial charge in [-0.2, -0.15) is 0 Å². The van der Waals surface area contributed by atoms with Crippen LogP contribution in [-0.2, 0) is 11.3 Å². The number of carbonyl (C=O) groups excluding carboxylic acids is 1. The van der Waals surface area contributed by atoms with Crippen LogP contribution in [0, 0.1) is 0 Å². The highest BCUT2D eigenvalue weighted by molar-refractivity contribution is 7.15. The van der Waals surface area contributed by atoms with E-state index in [0.29, 0.717) is 18.8 Å². The molecule has 1 amide bonds. The summed E-state index contributed by atoms with van der Waals surface area (Å²) in [6.07, 6.45) is 5.79. The van der Waals surface area contributed by atoms with Crippen LogP contribution in [0.15, 0.2) is 36.1 Å². The fourth-order valence-corrected chi connectivity index (χ4v) is 5.31. The number of piperazine rings is 1. The van der Waals surface area contributed by atoms with Gasteiger partial charge in [0.15, 0.2) is 10.7 Å². The Morgan fingerprint density at radius 2 is 1.84 bits per heavy atom. The van der Waals surface area contributed by atoms with Gasteiger partial charge in [-0.05, 0) is 26.0 Å². The van der Waals surface area contributed by atoms with Crippen molar-refractivity contribution in [3.05, 3.63) is 47.5 Å². The van der Waals surface area contributed by atoms with Crippen LogP contribution in [-0.4, -0.2) is 81.6 Å². The number of thiazole rings is 1. The first kappa shape index (κ1) is 20.4. The summed E-state index contributed by atoms with van der Waals surface area (Å²) in [5, 5.41) is 2.03. The van der Waals surface area contributed by atoms with E-state index in [0.717, 1.165) is 43.4 Å². The lowest BCUT2D eigenvalue weighted by atomic mass is 10.2. The number of fused-ring (bicyclic) bond motifs is 1. The van der Waals surface area contributed by atoms with Crippen LogP contribution in [0.1, 0.15) is 30.0 Å². The van der Waals surface area contributed by atoms with Crippen molar-refractivity contribution in [3.63, 3.8) is 0 Å². The Hall–Kier alpha value is -2.49. The van der Waals surface area contributed by atoms with E-state index in [4.69, 9.17) is 9.72 Å². The first-order valence-electron chi connectivity index (χ1n) is 10.8. The van der Waals surface area contributed by atoms with Gasteiger partial charge < -0.3 is 14.5 Å². The van der Waals surface area contributed by atoms with Crippen molar-refractivity contribution in [2.75, 3.05) is 44.2 Å². The summed E-state index contributed by atoms with van der Waals surface area (Å²) in [7, 11) is 0. The minimum Gasteiger partial charge on any atom is -0.372 e. The maximum Gasteiger partial charge on any atom is 0.274 e. The van der Waals surface area contributed by atoms with Crippen LogP contribution in [0.3, 0.4) is 0 Å². The lowest BCUT2D eigenvalue weighted by Crippen LogP contribution is -2.49. The van der Waals surface area contributed by atoms with E-state index in [9.17, 15) is 4.79 Å². The van der Waals surface area contributed by atoms with Gasteiger partial charge in [-0.15, -0.1) is 11.3 Å². The number of imidazole rings is 1. The number of pyridine rings is 1. The predicted molar refractivity (Wildman–Crippen MR) is 121 cm³/mol. The van der Waals surface area contributed by atoms with Crippen molar-refractivity contribution in [2.45, 2.75) is 32.6 Å². The van der Waals surface area contributed by atoms with E-state index in [1.165, 1.54) is 5.69 Å². The zero-order chi connectivity index (χ0) is 21.4. The van der Waals surface area contributed by atoms with Crippen molar-refractivity contribution in [1.82, 2.24) is 24.2 Å². The van der Waals surface area contributed by atoms with E-state index in [1.54, 1.807) is 11.3 Å². The van der Waals surface area contributed by atoms with E-state index in [1.807, 2.05) is 42.7 Å². The van der Waals surface area contributed by atoms with Gasteiger partial charge in [-0.3, -0.25) is 19.1 Å². The van der Waals surface area contributed by atoms with Gasteiger partial charge in [0.05, 0.1) is 17.9 Å². The van der Waals surface area contributed by atoms with Gasteiger partial charge in [-0.1, -0.05) is 0 Å². The summed E-state index contributed by atoms with van der Waals surface area (Å²) in [6.45, 7) is 9.78. The fourth-order valence-electron chi connectivity index (χ4n) is 4.58. The Kier molecular flexibility index (Phi) is 5.64. The molecule has 0 aromatic carbocycles. The van der Waals surface area contributed by atoms with Crippen LogP contribution >= 0.6 is 11.3 Å². The molecule has 0 saturated carbocycles. The van der Waals surface area contributed by atoms with Gasteiger partial charge >= 0.3 is 0 Å². The molecule has 2 fully saturated rings. The Morgan fingerprint density at radius 1 is 1.13 bits per heavy atom. The SMILES string of the molecule is C[C@@H]1CN(C(=O)c2nc3sccn3c2CN2CCN(c3ccncc3)CC2)C[C@H](C)O1. The number of amides is 1. The molecule has 3 aromatic rings. The number of morpholine rings is 1. The van der Waals surface area contributed by atoms with Crippen molar-refractivity contribution in [1.29, 1.82) is 0 Å². The minimum atomic E-state index is 0.0170. The average molecular weight is 441 g/mol. The van der Waals surface area contributed by atoms with Crippen molar-refractivity contribution in [3.8, 4) is 0 Å². The van der Waals surface area contributed by atoms with Gasteiger partial charge in [0.2, 0.25) is 0 Å². The van der Waals surface area contributed by atoms with Gasteiger partial charge in [0.25, 0.3) is 5.91 Å². The number of hydrogen-bond donors (Lipinski definition) is 0. The molecule has 0 radical (unpaired) electrons. The van der Waals surface area contributed by atoms with Crippen LogP contribution < -0.4 is 4.90 Å². The molecule has 9 heteroatoms. The Labute approximate surface area is 186 Å². The molecule has 2 aliphatic heterocycles. The monoisotopic (exact) mass is 440 g/mol. The zero-order valence-electron chi connectivity index (χ0n) is 18.0. The van der Waals surface area contributed by atoms with E-state index < -0.39 is 0 Å². The molecule has 0 N–H and O–H groups in total. The molecule has 2 aliphatic rings. The number of rotatable bonds is 4. The first-order valence-corrected chi connectivity index (χ1v) is 11.7. The second-order valence-electron chi connectivity index (χ2n) is 8.40. The van der Waals surface area contributed by atoms with E-state index in [2.05, 4.69) is 31.3 Å². The second-order valence-corrected chi connectivity index (χ2v) is 9.27. The molecule has 0 spiro atoms. The molecule has 2 atom stereocenters. The van der Waals surface area contributed by atoms with Crippen LogP contribution in [0.5, 0.6) is 0 Å². The number of anilines is 1. The summed E-state index contributed by atoms with van der Waals surface area (Å²) < 4.78 is 7.89. The number of hydrogen-bond acceptors (Lipinski definition) is 7. The summed E-state index contributed by atoms with van der Waals surface area (Å²) in [5.74, 6) is 0.0170. The van der Waals surface area contributed by atoms with Crippen molar-refractivity contribution >= 4 is 27.9 Å². The number of nitrogens with zero attached hydrogens (tertiary/aromatic N) is 6. The third kappa shape index (κ3) is 4.17. The molecule has 164 valence electrons. The van der Waals surface area contributed by atoms with Gasteiger partial charge in [0, 0.05) is 75.5 Å². The normalized spacial score (nSPS) is 22.9. The number of aromatic nitrogens is 3. The predicted octanol–water partition coefficient (Wildman–Crippen LogP) is 2.36. The molecule has 31 heavy (non-hydrogen) atoms. The summed E-state index contributed by atoms with van der Waals surface area (Å²) in [4.78, 5) is 29.8. The topological polar surface area (TPSA) is 66.2 Å². The molecule has 0 unspecified atom stereocenters. The maximum atomic E-state index is 13.4. The van der Waals surface area contributed by atoms with Crippen molar-refractivity contribution in [2.24, 2.45) is 0 Å². The third-order valence-electron chi connectivity index (χ3n) is 6.04. The molecular weight excluding hydrogens is 412 g/mol. The molecule has 8 nitrogen and oxygen atoms in total. The molecule has 0 bridgehead atoms. The molecule has 0 aliphatic carbocycles. The Balaban J connectivity index is 1.33. The standard InChI is InChI=1S/C22H28N6O2S/c1-16-13-27(14-17(2)30-16)21(29)20-19(28-11-12-31-22(28)24-20)15-25-7-9-26(10-8-25)18-3-5-23-6-4-18/h3-6,11-12,16-17H,7-10,13-15H2,1-2H3/t16-,17+. The lowest BCUT2D eigenvalue weighted by Gasteiger charge is -2.36. The van der Waals surface area contributed by atoms with Crippen LogP contribution in [0.4, 0.5) is 5.69 Å². The van der Waals surface area contributed by atoms with Crippen LogP contribution in [0.2, 0.25) is 0 Å². The van der Waals surface area contributed by atoms with E-state index >= 15 is 0 Å². The highest BCUT2D eigenvalue weighted by Crippen LogP contribution is 2.23. The number of carbonyl (C=O) groups is 1. The molecule has 3 aromatic heterocycles.